The summed E-state index contributed by atoms with van der Waals surface area (Å²) in [4.78, 5) is 22.9. The van der Waals surface area contributed by atoms with E-state index in [4.69, 9.17) is 33.7 Å². The van der Waals surface area contributed by atoms with Crippen molar-refractivity contribution in [1.29, 1.82) is 0 Å². The first-order chi connectivity index (χ1) is 9.97. The summed E-state index contributed by atoms with van der Waals surface area (Å²) in [6.45, 7) is -0.145. The van der Waals surface area contributed by atoms with E-state index in [-0.39, 0.29) is 12.4 Å². The summed E-state index contributed by atoms with van der Waals surface area (Å²) in [5, 5.41) is 0.699. The lowest BCUT2D eigenvalue weighted by molar-refractivity contribution is 0.0920. The molecule has 0 aromatic heterocycles. The molecule has 2 rings (SSSR count). The Balaban J connectivity index is 2.00. The second kappa shape index (κ2) is 6.61. The Morgan fingerprint density at radius 1 is 0.952 bits per heavy atom. The molecule has 2 aromatic carbocycles. The van der Waals surface area contributed by atoms with Crippen LogP contribution in [-0.2, 0) is 0 Å². The average molecular weight is 324 g/mol. The number of hydrogen-bond donors (Lipinski definition) is 1. The summed E-state index contributed by atoms with van der Waals surface area (Å²) >= 11 is 11.6. The Kier molecular flexibility index (Phi) is 4.83. The molecule has 2 N–H and O–H groups in total. The smallest absolute Gasteiger partial charge is 0.248 e. The highest BCUT2D eigenvalue weighted by molar-refractivity contribution is 6.42. The number of carbonyl (C=O) groups excluding carboxylic acids is 2. The Labute approximate surface area is 131 Å². The van der Waals surface area contributed by atoms with Crippen molar-refractivity contribution in [3.8, 4) is 5.75 Å². The number of nitrogens with two attached hydrogens (primary N) is 1. The maximum absolute atomic E-state index is 12.0. The largest absolute Gasteiger partial charge is 0.485 e. The lowest BCUT2D eigenvalue weighted by atomic mass is 10.1. The van der Waals surface area contributed by atoms with Crippen molar-refractivity contribution in [3.63, 3.8) is 0 Å². The van der Waals surface area contributed by atoms with Crippen LogP contribution in [-0.4, -0.2) is 18.3 Å². The van der Waals surface area contributed by atoms with Crippen LogP contribution >= 0.6 is 23.2 Å². The van der Waals surface area contributed by atoms with Crippen LogP contribution in [0.25, 0.3) is 0 Å². The number of primary amides is 1. The fourth-order valence-corrected chi connectivity index (χ4v) is 1.92. The van der Waals surface area contributed by atoms with Gasteiger partial charge in [0.15, 0.2) is 12.4 Å². The van der Waals surface area contributed by atoms with Gasteiger partial charge in [-0.2, -0.15) is 0 Å². The van der Waals surface area contributed by atoms with Gasteiger partial charge in [-0.05, 0) is 42.5 Å². The summed E-state index contributed by atoms with van der Waals surface area (Å²) in [7, 11) is 0. The number of ketones is 1. The summed E-state index contributed by atoms with van der Waals surface area (Å²) in [5.74, 6) is -0.283. The molecule has 0 aliphatic rings. The molecule has 0 saturated carbocycles. The normalized spacial score (nSPS) is 10.2. The van der Waals surface area contributed by atoms with E-state index in [9.17, 15) is 9.59 Å². The van der Waals surface area contributed by atoms with Gasteiger partial charge in [0.25, 0.3) is 0 Å². The molecular formula is C15H11Cl2NO3. The van der Waals surface area contributed by atoms with Gasteiger partial charge >= 0.3 is 0 Å². The van der Waals surface area contributed by atoms with Gasteiger partial charge in [0.1, 0.15) is 5.75 Å². The first kappa shape index (κ1) is 15.4. The van der Waals surface area contributed by atoms with Crippen LogP contribution < -0.4 is 10.5 Å². The first-order valence-corrected chi connectivity index (χ1v) is 6.74. The Morgan fingerprint density at radius 2 is 1.57 bits per heavy atom. The standard InChI is InChI=1S/C15H11Cl2NO3/c16-12-6-3-10(7-13(12)17)14(19)8-21-11-4-1-9(2-5-11)15(18)20/h1-7H,8H2,(H2,18,20). The molecule has 0 unspecified atom stereocenters. The van der Waals surface area contributed by atoms with E-state index in [1.807, 2.05) is 0 Å². The minimum Gasteiger partial charge on any atom is -0.485 e. The van der Waals surface area contributed by atoms with Crippen LogP contribution in [0.15, 0.2) is 42.5 Å². The predicted octanol–water partition coefficient (Wildman–Crippen LogP) is 3.35. The monoisotopic (exact) mass is 323 g/mol. The summed E-state index contributed by atoms with van der Waals surface area (Å²) in [6.07, 6.45) is 0. The maximum Gasteiger partial charge on any atom is 0.248 e. The van der Waals surface area contributed by atoms with Crippen molar-refractivity contribution in [3.05, 3.63) is 63.6 Å². The number of halogens is 2. The van der Waals surface area contributed by atoms with Crippen molar-refractivity contribution >= 4 is 34.9 Å². The van der Waals surface area contributed by atoms with Crippen LogP contribution in [0.1, 0.15) is 20.7 Å². The molecule has 21 heavy (non-hydrogen) atoms. The van der Waals surface area contributed by atoms with E-state index in [1.165, 1.54) is 18.2 Å². The summed E-state index contributed by atoms with van der Waals surface area (Å²) in [6, 6.07) is 10.8. The molecule has 1 amide bonds. The van der Waals surface area contributed by atoms with Gasteiger partial charge in [-0.25, -0.2) is 0 Å². The Bertz CT molecular complexity index is 684. The highest BCUT2D eigenvalue weighted by atomic mass is 35.5. The molecule has 0 aliphatic carbocycles. The van der Waals surface area contributed by atoms with E-state index in [2.05, 4.69) is 0 Å². The molecule has 0 aliphatic heterocycles. The third kappa shape index (κ3) is 3.97. The lowest BCUT2D eigenvalue weighted by Crippen LogP contribution is -2.12. The Hall–Kier alpha value is -2.04. The van der Waals surface area contributed by atoms with Crippen LogP contribution in [0.5, 0.6) is 5.75 Å². The molecule has 0 atom stereocenters. The zero-order valence-corrected chi connectivity index (χ0v) is 12.3. The molecule has 0 saturated heterocycles. The second-order valence-corrected chi connectivity index (χ2v) is 5.04. The zero-order valence-electron chi connectivity index (χ0n) is 10.8. The number of ether oxygens (including phenoxy) is 1. The molecule has 2 aromatic rings. The predicted molar refractivity (Wildman–Crippen MR) is 81.2 cm³/mol. The second-order valence-electron chi connectivity index (χ2n) is 4.23. The summed E-state index contributed by atoms with van der Waals surface area (Å²) < 4.78 is 5.35. The maximum atomic E-state index is 12.0. The molecule has 0 heterocycles. The molecule has 0 fully saturated rings. The van der Waals surface area contributed by atoms with Gasteiger partial charge in [-0.1, -0.05) is 23.2 Å². The van der Waals surface area contributed by atoms with Gasteiger partial charge in [-0.15, -0.1) is 0 Å². The molecule has 108 valence electrons. The van der Waals surface area contributed by atoms with Crippen molar-refractivity contribution in [2.45, 2.75) is 0 Å². The highest BCUT2D eigenvalue weighted by Gasteiger charge is 2.09. The fraction of sp³-hybridized carbons (Fsp3) is 0.0667. The van der Waals surface area contributed by atoms with E-state index in [0.717, 1.165) is 0 Å². The van der Waals surface area contributed by atoms with E-state index in [1.54, 1.807) is 24.3 Å². The van der Waals surface area contributed by atoms with Crippen molar-refractivity contribution in [1.82, 2.24) is 0 Å². The molecule has 0 radical (unpaired) electrons. The van der Waals surface area contributed by atoms with Crippen LogP contribution in [0.3, 0.4) is 0 Å². The zero-order chi connectivity index (χ0) is 15.4. The SMILES string of the molecule is NC(=O)c1ccc(OCC(=O)c2ccc(Cl)c(Cl)c2)cc1. The van der Waals surface area contributed by atoms with E-state index >= 15 is 0 Å². The van der Waals surface area contributed by atoms with Gasteiger partial charge in [0.2, 0.25) is 5.91 Å². The van der Waals surface area contributed by atoms with Crippen LogP contribution in [0.4, 0.5) is 0 Å². The van der Waals surface area contributed by atoms with E-state index < -0.39 is 5.91 Å². The van der Waals surface area contributed by atoms with Crippen molar-refractivity contribution in [2.24, 2.45) is 5.73 Å². The molecule has 4 nitrogen and oxygen atoms in total. The van der Waals surface area contributed by atoms with Crippen molar-refractivity contribution in [2.75, 3.05) is 6.61 Å². The number of rotatable bonds is 5. The number of hydrogen-bond acceptors (Lipinski definition) is 3. The van der Waals surface area contributed by atoms with Crippen molar-refractivity contribution < 1.29 is 14.3 Å². The molecule has 6 heteroatoms. The first-order valence-electron chi connectivity index (χ1n) is 5.98. The van der Waals surface area contributed by atoms with Gasteiger partial charge < -0.3 is 10.5 Å². The summed E-state index contributed by atoms with van der Waals surface area (Å²) in [5.41, 5.74) is 5.92. The topological polar surface area (TPSA) is 69.4 Å². The minimum atomic E-state index is -0.520. The highest BCUT2D eigenvalue weighted by Crippen LogP contribution is 2.23. The number of Topliss-reactive ketones (excluding diaryl/α,β-unsaturated/α-hetero) is 1. The molecule has 0 bridgehead atoms. The molecule has 0 spiro atoms. The van der Waals surface area contributed by atoms with Crippen LogP contribution in [0, 0.1) is 0 Å². The van der Waals surface area contributed by atoms with E-state index in [0.29, 0.717) is 26.9 Å². The lowest BCUT2D eigenvalue weighted by Gasteiger charge is -2.06. The van der Waals surface area contributed by atoms with Gasteiger partial charge in [0, 0.05) is 11.1 Å². The number of carbonyl (C=O) groups is 2. The van der Waals surface area contributed by atoms with Gasteiger partial charge in [0.05, 0.1) is 10.0 Å². The van der Waals surface area contributed by atoms with Gasteiger partial charge in [-0.3, -0.25) is 9.59 Å². The molecular weight excluding hydrogens is 313 g/mol. The minimum absolute atomic E-state index is 0.145. The third-order valence-corrected chi connectivity index (χ3v) is 3.49. The number of amides is 1. The fourth-order valence-electron chi connectivity index (χ4n) is 1.62. The Morgan fingerprint density at radius 3 is 2.14 bits per heavy atom. The number of benzene rings is 2. The quantitative estimate of drug-likeness (QED) is 0.858. The average Bonchev–Trinajstić information content (AvgIpc) is 2.48. The van der Waals surface area contributed by atoms with Crippen LogP contribution in [0.2, 0.25) is 10.0 Å². The third-order valence-electron chi connectivity index (χ3n) is 2.75.